The zero-order valence-electron chi connectivity index (χ0n) is 16.2. The Morgan fingerprint density at radius 1 is 1.24 bits per heavy atom. The van der Waals surface area contributed by atoms with Gasteiger partial charge in [0, 0.05) is 29.1 Å². The molecule has 0 saturated heterocycles. The van der Waals surface area contributed by atoms with Crippen LogP contribution >= 0.6 is 11.3 Å². The Bertz CT molecular complexity index is 1050. The molecule has 148 valence electrons. The first-order valence-electron chi connectivity index (χ1n) is 9.37. The number of hydrogen-bond acceptors (Lipinski definition) is 5. The van der Waals surface area contributed by atoms with Crippen LogP contribution in [0.5, 0.6) is 5.75 Å². The summed E-state index contributed by atoms with van der Waals surface area (Å²) in [6.07, 6.45) is 0.238. The highest BCUT2D eigenvalue weighted by Crippen LogP contribution is 2.31. The Hall–Kier alpha value is -3.19. The van der Waals surface area contributed by atoms with E-state index in [0.717, 1.165) is 16.3 Å². The van der Waals surface area contributed by atoms with Crippen molar-refractivity contribution in [1.29, 1.82) is 0 Å². The molecule has 0 fully saturated rings. The Balaban J connectivity index is 1.47. The lowest BCUT2D eigenvalue weighted by Crippen LogP contribution is -2.41. The van der Waals surface area contributed by atoms with Crippen molar-refractivity contribution in [2.24, 2.45) is 0 Å². The number of carbonyl (C=O) groups excluding carboxylic acids is 2. The second-order valence-electron chi connectivity index (χ2n) is 6.99. The lowest BCUT2D eigenvalue weighted by molar-refractivity contribution is -0.121. The predicted octanol–water partition coefficient (Wildman–Crippen LogP) is 4.26. The molecule has 7 heteroatoms. The molecule has 2 aromatic carbocycles. The average Bonchev–Trinajstić information content (AvgIpc) is 3.09. The number of aryl methyl sites for hydroxylation is 1. The van der Waals surface area contributed by atoms with Gasteiger partial charge in [-0.2, -0.15) is 0 Å². The van der Waals surface area contributed by atoms with Crippen LogP contribution in [-0.2, 0) is 9.59 Å². The lowest BCUT2D eigenvalue weighted by Gasteiger charge is -2.27. The summed E-state index contributed by atoms with van der Waals surface area (Å²) in [6, 6.07) is 14.6. The van der Waals surface area contributed by atoms with Gasteiger partial charge >= 0.3 is 0 Å². The second-order valence-corrected chi connectivity index (χ2v) is 7.85. The molecule has 0 radical (unpaired) electrons. The molecular weight excluding hydrogens is 386 g/mol. The van der Waals surface area contributed by atoms with Gasteiger partial charge in [-0.25, -0.2) is 4.98 Å². The molecule has 1 aliphatic rings. The van der Waals surface area contributed by atoms with E-state index in [-0.39, 0.29) is 30.9 Å². The van der Waals surface area contributed by atoms with Crippen molar-refractivity contribution >= 4 is 34.5 Å². The monoisotopic (exact) mass is 407 g/mol. The third-order valence-electron chi connectivity index (χ3n) is 4.71. The number of rotatable bonds is 4. The summed E-state index contributed by atoms with van der Waals surface area (Å²) in [5.74, 6) is 0.315. The van der Waals surface area contributed by atoms with Crippen molar-refractivity contribution in [3.63, 3.8) is 0 Å². The molecule has 29 heavy (non-hydrogen) atoms. The first-order chi connectivity index (χ1) is 14.0. The summed E-state index contributed by atoms with van der Waals surface area (Å²) in [5, 5.41) is 5.82. The van der Waals surface area contributed by atoms with Gasteiger partial charge in [0.2, 0.25) is 5.91 Å². The van der Waals surface area contributed by atoms with E-state index in [1.165, 1.54) is 0 Å². The highest BCUT2D eigenvalue weighted by atomic mass is 32.1. The molecule has 1 N–H and O–H groups in total. The number of para-hydroxylation sites is 2. The van der Waals surface area contributed by atoms with Gasteiger partial charge < -0.3 is 15.0 Å². The van der Waals surface area contributed by atoms with Crippen LogP contribution in [0.2, 0.25) is 0 Å². The maximum Gasteiger partial charge on any atom is 0.265 e. The van der Waals surface area contributed by atoms with Crippen molar-refractivity contribution in [3.8, 4) is 16.3 Å². The van der Waals surface area contributed by atoms with Gasteiger partial charge in [0.15, 0.2) is 6.61 Å². The number of aromatic nitrogens is 1. The Labute approximate surface area is 173 Å². The summed E-state index contributed by atoms with van der Waals surface area (Å²) in [6.45, 7) is 3.72. The molecule has 1 aliphatic heterocycles. The third-order valence-corrected chi connectivity index (χ3v) is 5.72. The Morgan fingerprint density at radius 3 is 2.72 bits per heavy atom. The van der Waals surface area contributed by atoms with Crippen LogP contribution < -0.4 is 15.0 Å². The quantitative estimate of drug-likeness (QED) is 0.701. The van der Waals surface area contributed by atoms with Crippen molar-refractivity contribution < 1.29 is 14.3 Å². The van der Waals surface area contributed by atoms with Crippen LogP contribution in [0.25, 0.3) is 10.6 Å². The predicted molar refractivity (Wildman–Crippen MR) is 114 cm³/mol. The van der Waals surface area contributed by atoms with E-state index in [1.54, 1.807) is 22.3 Å². The highest BCUT2D eigenvalue weighted by Gasteiger charge is 2.29. The van der Waals surface area contributed by atoms with Crippen LogP contribution in [0.1, 0.15) is 19.0 Å². The van der Waals surface area contributed by atoms with Gasteiger partial charge in [-0.15, -0.1) is 11.3 Å². The number of hydrogen-bond donors (Lipinski definition) is 1. The Kier molecular flexibility index (Phi) is 5.31. The van der Waals surface area contributed by atoms with Crippen LogP contribution in [-0.4, -0.2) is 29.4 Å². The molecule has 6 nitrogen and oxygen atoms in total. The zero-order chi connectivity index (χ0) is 20.4. The molecular formula is C22H21N3O3S. The van der Waals surface area contributed by atoms with Crippen LogP contribution in [0.3, 0.4) is 0 Å². The topological polar surface area (TPSA) is 71.5 Å². The molecule has 2 amide bonds. The molecule has 1 unspecified atom stereocenters. The highest BCUT2D eigenvalue weighted by molar-refractivity contribution is 7.13. The third kappa shape index (κ3) is 4.14. The summed E-state index contributed by atoms with van der Waals surface area (Å²) in [7, 11) is 0. The van der Waals surface area contributed by atoms with Crippen molar-refractivity contribution in [1.82, 2.24) is 4.98 Å². The first kappa shape index (κ1) is 19.1. The fourth-order valence-corrected chi connectivity index (χ4v) is 4.17. The molecule has 4 rings (SSSR count). The Morgan fingerprint density at radius 2 is 2.00 bits per heavy atom. The van der Waals surface area contributed by atoms with E-state index in [4.69, 9.17) is 4.74 Å². The molecule has 0 saturated carbocycles. The number of anilines is 2. The van der Waals surface area contributed by atoms with Crippen LogP contribution in [0.15, 0.2) is 53.9 Å². The molecule has 0 aliphatic carbocycles. The summed E-state index contributed by atoms with van der Waals surface area (Å²) in [5.41, 5.74) is 3.34. The van der Waals surface area contributed by atoms with Crippen LogP contribution in [0, 0.1) is 6.92 Å². The number of nitrogens with one attached hydrogen (secondary N) is 1. The fraction of sp³-hybridized carbons (Fsp3) is 0.227. The number of nitrogens with zero attached hydrogens (tertiary/aromatic N) is 2. The smallest absolute Gasteiger partial charge is 0.265 e. The van der Waals surface area contributed by atoms with Gasteiger partial charge in [0.05, 0.1) is 11.4 Å². The molecule has 3 aromatic rings. The lowest BCUT2D eigenvalue weighted by atomic mass is 10.1. The summed E-state index contributed by atoms with van der Waals surface area (Å²) >= 11 is 1.60. The molecule has 0 spiro atoms. The van der Waals surface area contributed by atoms with Gasteiger partial charge in [-0.3, -0.25) is 9.59 Å². The van der Waals surface area contributed by atoms with E-state index in [9.17, 15) is 9.59 Å². The van der Waals surface area contributed by atoms with Gasteiger partial charge in [-0.1, -0.05) is 12.1 Å². The number of benzene rings is 2. The maximum absolute atomic E-state index is 12.9. The van der Waals surface area contributed by atoms with E-state index >= 15 is 0 Å². The molecule has 1 aromatic heterocycles. The van der Waals surface area contributed by atoms with Crippen LogP contribution in [0.4, 0.5) is 11.4 Å². The standard InChI is InChI=1S/C22H21N3O3S/c1-14-13-29-22(23-14)16-7-9-17(10-8-16)28-12-21(27)25-15(2)11-20(26)24-18-5-3-4-6-19(18)25/h3-10,13,15H,11-12H2,1-2H3,(H,24,26). The minimum Gasteiger partial charge on any atom is -0.484 e. The average molecular weight is 407 g/mol. The van der Waals surface area contributed by atoms with Gasteiger partial charge in [0.1, 0.15) is 10.8 Å². The number of thiazole rings is 1. The maximum atomic E-state index is 12.9. The van der Waals surface area contributed by atoms with E-state index in [1.807, 2.05) is 61.7 Å². The van der Waals surface area contributed by atoms with Gasteiger partial charge in [-0.05, 0) is 50.2 Å². The number of amides is 2. The SMILES string of the molecule is Cc1csc(-c2ccc(OCC(=O)N3c4ccccc4NC(=O)CC3C)cc2)n1. The second kappa shape index (κ2) is 8.05. The van der Waals surface area contributed by atoms with E-state index < -0.39 is 0 Å². The van der Waals surface area contributed by atoms with E-state index in [0.29, 0.717) is 17.1 Å². The summed E-state index contributed by atoms with van der Waals surface area (Å²) < 4.78 is 5.73. The minimum atomic E-state index is -0.259. The number of ether oxygens (including phenoxy) is 1. The van der Waals surface area contributed by atoms with E-state index in [2.05, 4.69) is 10.3 Å². The number of fused-ring (bicyclic) bond motifs is 1. The first-order valence-corrected chi connectivity index (χ1v) is 10.3. The van der Waals surface area contributed by atoms with Crippen molar-refractivity contribution in [2.45, 2.75) is 26.3 Å². The molecule has 2 heterocycles. The number of carbonyl (C=O) groups is 2. The zero-order valence-corrected chi connectivity index (χ0v) is 17.0. The molecule has 1 atom stereocenters. The minimum absolute atomic E-state index is 0.103. The van der Waals surface area contributed by atoms with Gasteiger partial charge in [0.25, 0.3) is 5.91 Å². The normalized spacial score (nSPS) is 16.0. The van der Waals surface area contributed by atoms with Crippen molar-refractivity contribution in [2.75, 3.05) is 16.8 Å². The fourth-order valence-electron chi connectivity index (χ4n) is 3.36. The summed E-state index contributed by atoms with van der Waals surface area (Å²) in [4.78, 5) is 31.1. The largest absolute Gasteiger partial charge is 0.484 e. The van der Waals surface area contributed by atoms with Crippen molar-refractivity contribution in [3.05, 3.63) is 59.6 Å². The molecule has 0 bridgehead atoms.